The summed E-state index contributed by atoms with van der Waals surface area (Å²) in [4.78, 5) is 14.0. The molecule has 0 aromatic rings. The fraction of sp³-hybridized carbons (Fsp3) is 1.00. The van der Waals surface area contributed by atoms with Gasteiger partial charge in [-0.2, -0.15) is 0 Å². The van der Waals surface area contributed by atoms with Crippen molar-refractivity contribution in [3.63, 3.8) is 0 Å². The van der Waals surface area contributed by atoms with Gasteiger partial charge in [-0.25, -0.2) is 0 Å². The minimum Gasteiger partial charge on any atom is -0.0724 e. The van der Waals surface area contributed by atoms with E-state index in [-0.39, 0.29) is 8.80 Å². The fourth-order valence-corrected chi connectivity index (χ4v) is 92.6. The van der Waals surface area contributed by atoms with Crippen molar-refractivity contribution >= 4 is 8.80 Å². The molecule has 4 unspecified atom stereocenters. The fourth-order valence-electron chi connectivity index (χ4n) is 17.3. The van der Waals surface area contributed by atoms with E-state index in [1.165, 1.54) is 13.9 Å². The maximum Gasteiger partial charge on any atom is 0.0274 e. The molecule has 16 heavy (non-hydrogen) atoms. The summed E-state index contributed by atoms with van der Waals surface area (Å²) in [7, 11) is -0.139. The summed E-state index contributed by atoms with van der Waals surface area (Å²) in [5.41, 5.74) is 0. The summed E-state index contributed by atoms with van der Waals surface area (Å²) in [5.74, 6) is 0. The largest absolute Gasteiger partial charge is 0.0724 e. The van der Waals surface area contributed by atoms with Crippen molar-refractivity contribution < 1.29 is 6.51 Å². The molecular formula is C14H22FeSi. The second-order valence-electron chi connectivity index (χ2n) is 11.8. The van der Waals surface area contributed by atoms with E-state index in [9.17, 15) is 0 Å². The molecule has 0 saturated carbocycles. The van der Waals surface area contributed by atoms with Crippen molar-refractivity contribution in [2.45, 2.75) is 74.2 Å². The number of rotatable bonds is 0. The molecule has 0 radical (unpaired) electrons. The minimum absolute atomic E-state index is 0.139. The molecule has 0 aromatic carbocycles. The zero-order valence-electron chi connectivity index (χ0n) is 10.6. The Bertz CT molecular complexity index is 797. The minimum atomic E-state index is -2.45. The van der Waals surface area contributed by atoms with E-state index in [0.717, 1.165) is 0 Å². The molecule has 10 saturated heterocycles. The molecule has 10 fully saturated rings. The first kappa shape index (κ1) is 6.77. The molecule has 90 valence electrons. The van der Waals surface area contributed by atoms with Crippen LogP contribution >= 0.6 is 0 Å². The van der Waals surface area contributed by atoms with Crippen molar-refractivity contribution in [3.05, 3.63) is 0 Å². The maximum absolute atomic E-state index is 2.82. The van der Waals surface area contributed by atoms with Crippen molar-refractivity contribution in [2.75, 3.05) is 0 Å². The first-order chi connectivity index (χ1) is 7.28. The molecule has 4 atom stereocenters. The average molecular weight is 274 g/mol. The van der Waals surface area contributed by atoms with Gasteiger partial charge >= 0.3 is 61.1 Å². The molecule has 0 bridgehead atoms. The van der Waals surface area contributed by atoms with E-state index in [2.05, 4.69) is 26.6 Å². The molecule has 0 amide bonds. The second kappa shape index (κ2) is 0.512. The van der Waals surface area contributed by atoms with Crippen LogP contribution in [0.15, 0.2) is 0 Å². The molecule has 0 N–H and O–H groups in total. The molecule has 1 spiro atoms. The first-order valence-corrected chi connectivity index (χ1v) is 17.2. The number of hydrogen-bond acceptors (Lipinski definition) is 0. The molecule has 10 aliphatic rings. The average Bonchev–Trinajstić information content (AvgIpc) is 3.10. The number of fused-ring (bicyclic) bond motifs is 10. The van der Waals surface area contributed by atoms with E-state index in [4.69, 9.17) is 0 Å². The standard InChI is InChI=1S/C6H7.C5H5.C3H10Si.Fe/c1-6-4-2-3-5-6;1-2-4-5-3-1;1-4(2)3;/h2-5H,1H3;1-5H;4H,1-3H3;. The Morgan fingerprint density at radius 1 is 0.750 bits per heavy atom. The molecule has 10 rings (SSSR count). The van der Waals surface area contributed by atoms with E-state index in [1.807, 2.05) is 0 Å². The molecule has 0 aliphatic carbocycles. The van der Waals surface area contributed by atoms with Gasteiger partial charge in [0, 0.05) is 8.80 Å². The van der Waals surface area contributed by atoms with Crippen molar-refractivity contribution in [1.82, 2.24) is 0 Å². The van der Waals surface area contributed by atoms with E-state index in [0.29, 0.717) is 0 Å². The van der Waals surface area contributed by atoms with Gasteiger partial charge in [0.2, 0.25) is 0 Å². The molecule has 10 aliphatic heterocycles. The van der Waals surface area contributed by atoms with E-state index < -0.39 is 6.51 Å². The van der Waals surface area contributed by atoms with Crippen LogP contribution in [-0.4, -0.2) is 8.80 Å². The molecule has 0 aromatic heterocycles. The van der Waals surface area contributed by atoms with Gasteiger partial charge in [0.25, 0.3) is 0 Å². The third-order valence-electron chi connectivity index (χ3n) is 15.4. The summed E-state index contributed by atoms with van der Waals surface area (Å²) in [6.45, 7) is 7.28. The van der Waals surface area contributed by atoms with Crippen LogP contribution in [0.25, 0.3) is 0 Å². The predicted octanol–water partition coefficient (Wildman–Crippen LogP) is 4.87. The second-order valence-corrected chi connectivity index (χ2v) is 39.1. The Morgan fingerprint density at radius 2 is 1.06 bits per heavy atom. The van der Waals surface area contributed by atoms with E-state index >= 15 is 0 Å². The van der Waals surface area contributed by atoms with Gasteiger partial charge < -0.3 is 0 Å². The van der Waals surface area contributed by atoms with Gasteiger partial charge in [-0.1, -0.05) is 19.6 Å². The Morgan fingerprint density at radius 3 is 1.06 bits per heavy atom. The number of hydrogen-bond donors (Lipinski definition) is 0. The Labute approximate surface area is 89.5 Å². The molecule has 0 nitrogen and oxygen atoms in total. The predicted molar refractivity (Wildman–Crippen MR) is 66.9 cm³/mol. The smallest absolute Gasteiger partial charge is 0.0274 e. The Balaban J connectivity index is 0.000000132. The van der Waals surface area contributed by atoms with Gasteiger partial charge in [-0.05, 0) is 0 Å². The zero-order chi connectivity index (χ0) is 10.6. The zero-order valence-corrected chi connectivity index (χ0v) is 12.9. The van der Waals surface area contributed by atoms with Gasteiger partial charge in [0.05, 0.1) is 0 Å². The maximum atomic E-state index is 2.82. The molecule has 10 heterocycles. The van der Waals surface area contributed by atoms with Crippen LogP contribution in [0.4, 0.5) is 0 Å². The summed E-state index contributed by atoms with van der Waals surface area (Å²) < 4.78 is 1.19. The summed E-state index contributed by atoms with van der Waals surface area (Å²) in [6.07, 6.45) is 0. The van der Waals surface area contributed by atoms with Crippen LogP contribution < -0.4 is 0 Å². The third-order valence-corrected chi connectivity index (χ3v) is 59.2. The molecular weight excluding hydrogens is 252 g/mol. The third kappa shape index (κ3) is 0.0609. The quantitative estimate of drug-likeness (QED) is 0.553. The van der Waals surface area contributed by atoms with Crippen LogP contribution in [0, 0.1) is 0 Å². The van der Waals surface area contributed by atoms with Crippen LogP contribution in [0.1, 0.15) is 6.92 Å². The van der Waals surface area contributed by atoms with Crippen molar-refractivity contribution in [2.24, 2.45) is 0 Å². The molecule has 2 heteroatoms. The van der Waals surface area contributed by atoms with E-state index in [1.54, 1.807) is 33.7 Å². The Kier molecular flexibility index (Phi) is 0.217. The van der Waals surface area contributed by atoms with Crippen LogP contribution in [-0.2, 0) is 6.51 Å². The topological polar surface area (TPSA) is 0 Å². The SMILES string of the molecule is C[C]12[CH]3[CH]4[CH]5[CH]1[Fe]45321678[CH]2[CH]1[CH]6[CH]7[CH]28.C[SiH](C)C. The van der Waals surface area contributed by atoms with Crippen LogP contribution in [0.3, 0.4) is 0 Å². The van der Waals surface area contributed by atoms with Gasteiger partial charge in [0.1, 0.15) is 0 Å². The van der Waals surface area contributed by atoms with Crippen LogP contribution in [0.2, 0.25) is 67.3 Å². The van der Waals surface area contributed by atoms with Gasteiger partial charge in [-0.15, -0.1) is 0 Å². The summed E-state index contributed by atoms with van der Waals surface area (Å²) in [6, 6.07) is 0. The van der Waals surface area contributed by atoms with Crippen LogP contribution in [0.5, 0.6) is 0 Å². The van der Waals surface area contributed by atoms with Crippen molar-refractivity contribution in [3.8, 4) is 0 Å². The van der Waals surface area contributed by atoms with Gasteiger partial charge in [0.15, 0.2) is 0 Å². The Hall–Kier alpha value is 0.736. The normalized spacial score (nSPS) is 125. The summed E-state index contributed by atoms with van der Waals surface area (Å²) >= 11 is 0. The monoisotopic (exact) mass is 274 g/mol. The van der Waals surface area contributed by atoms with Gasteiger partial charge in [-0.3, -0.25) is 0 Å². The first-order valence-electron chi connectivity index (χ1n) is 7.49. The summed E-state index contributed by atoms with van der Waals surface area (Å²) in [5, 5.41) is 0. The van der Waals surface area contributed by atoms with Crippen molar-refractivity contribution in [1.29, 1.82) is 0 Å².